The van der Waals surface area contributed by atoms with Gasteiger partial charge in [0.25, 0.3) is 0 Å². The minimum atomic E-state index is -4.47. The molecule has 1 N–H and O–H groups in total. The van der Waals surface area contributed by atoms with Crippen molar-refractivity contribution in [2.45, 2.75) is 32.5 Å². The second-order valence-electron chi connectivity index (χ2n) is 4.56. The highest BCUT2D eigenvalue weighted by molar-refractivity contribution is 7.11. The molecule has 0 fully saturated rings. The van der Waals surface area contributed by atoms with E-state index in [4.69, 9.17) is 0 Å². The molecule has 0 aliphatic heterocycles. The van der Waals surface area contributed by atoms with Crippen LogP contribution in [0.1, 0.15) is 32.9 Å². The number of aromatic nitrogens is 3. The van der Waals surface area contributed by atoms with E-state index in [1.54, 1.807) is 11.7 Å². The third kappa shape index (κ3) is 2.85. The molecule has 20 heavy (non-hydrogen) atoms. The maximum absolute atomic E-state index is 12.5. The van der Waals surface area contributed by atoms with Gasteiger partial charge in [-0.2, -0.15) is 18.3 Å². The lowest BCUT2D eigenvalue weighted by Gasteiger charge is -2.08. The molecule has 8 heteroatoms. The minimum Gasteiger partial charge on any atom is -0.387 e. The fraction of sp³-hybridized carbons (Fsp3) is 0.500. The number of aliphatic hydroxyl groups is 1. The first-order valence-corrected chi connectivity index (χ1v) is 6.72. The van der Waals surface area contributed by atoms with E-state index < -0.39 is 17.3 Å². The van der Waals surface area contributed by atoms with Gasteiger partial charge in [-0.25, -0.2) is 4.98 Å². The Morgan fingerprint density at radius 3 is 2.50 bits per heavy atom. The molecule has 1 atom stereocenters. The van der Waals surface area contributed by atoms with Gasteiger partial charge in [-0.1, -0.05) is 0 Å². The maximum atomic E-state index is 12.5. The molecule has 0 bridgehead atoms. The lowest BCUT2D eigenvalue weighted by atomic mass is 10.1. The van der Waals surface area contributed by atoms with Crippen LogP contribution in [0.3, 0.4) is 0 Å². The second kappa shape index (κ2) is 5.17. The van der Waals surface area contributed by atoms with Crippen LogP contribution in [0.25, 0.3) is 0 Å². The zero-order valence-electron chi connectivity index (χ0n) is 11.2. The Morgan fingerprint density at radius 1 is 1.40 bits per heavy atom. The quantitative estimate of drug-likeness (QED) is 0.948. The first-order valence-electron chi connectivity index (χ1n) is 5.90. The van der Waals surface area contributed by atoms with E-state index in [2.05, 4.69) is 10.1 Å². The van der Waals surface area contributed by atoms with Gasteiger partial charge in [0.15, 0.2) is 5.01 Å². The highest BCUT2D eigenvalue weighted by Crippen LogP contribution is 2.35. The Balaban J connectivity index is 2.20. The van der Waals surface area contributed by atoms with Gasteiger partial charge in [0.2, 0.25) is 0 Å². The van der Waals surface area contributed by atoms with Crippen LogP contribution >= 0.6 is 11.3 Å². The third-order valence-electron chi connectivity index (χ3n) is 3.15. The van der Waals surface area contributed by atoms with Crippen LogP contribution in [0, 0.1) is 13.8 Å². The van der Waals surface area contributed by atoms with Gasteiger partial charge < -0.3 is 5.11 Å². The molecule has 2 aromatic heterocycles. The Labute approximate surface area is 117 Å². The number of aryl methyl sites for hydroxylation is 2. The molecule has 0 aliphatic carbocycles. The fourth-order valence-electron chi connectivity index (χ4n) is 1.98. The average molecular weight is 305 g/mol. The number of thiazole rings is 1. The summed E-state index contributed by atoms with van der Waals surface area (Å²) in [7, 11) is 1.78. The van der Waals surface area contributed by atoms with Gasteiger partial charge in [-0.05, 0) is 19.4 Å². The van der Waals surface area contributed by atoms with Gasteiger partial charge in [0.05, 0.1) is 16.7 Å². The lowest BCUT2D eigenvalue weighted by molar-refractivity contribution is -0.137. The Hall–Kier alpha value is -1.41. The summed E-state index contributed by atoms with van der Waals surface area (Å²) in [5.41, 5.74) is 2.51. The van der Waals surface area contributed by atoms with Crippen molar-refractivity contribution in [1.29, 1.82) is 0 Å². The summed E-state index contributed by atoms with van der Waals surface area (Å²) in [6.07, 6.45) is -4.17. The second-order valence-corrected chi connectivity index (χ2v) is 5.62. The number of halogens is 3. The van der Waals surface area contributed by atoms with E-state index in [9.17, 15) is 18.3 Å². The summed E-state index contributed by atoms with van der Waals surface area (Å²) in [5.74, 6) is 0. The molecule has 110 valence electrons. The largest absolute Gasteiger partial charge is 0.443 e. The van der Waals surface area contributed by atoms with Crippen molar-refractivity contribution in [2.24, 2.45) is 7.05 Å². The molecule has 0 saturated heterocycles. The van der Waals surface area contributed by atoms with Crippen molar-refractivity contribution in [1.82, 2.24) is 14.8 Å². The summed E-state index contributed by atoms with van der Waals surface area (Å²) in [6, 6.07) is 0. The zero-order chi connectivity index (χ0) is 15.1. The zero-order valence-corrected chi connectivity index (χ0v) is 12.0. The van der Waals surface area contributed by atoms with Crippen LogP contribution in [0.15, 0.2) is 6.20 Å². The molecule has 0 spiro atoms. The van der Waals surface area contributed by atoms with Crippen molar-refractivity contribution in [2.75, 3.05) is 0 Å². The van der Waals surface area contributed by atoms with E-state index in [-0.39, 0.29) is 11.3 Å². The van der Waals surface area contributed by atoms with Crippen LogP contribution in [0.5, 0.6) is 0 Å². The van der Waals surface area contributed by atoms with Crippen molar-refractivity contribution in [3.8, 4) is 0 Å². The molecule has 4 nitrogen and oxygen atoms in total. The molecular formula is C12H14F3N3OS. The van der Waals surface area contributed by atoms with Crippen molar-refractivity contribution in [3.05, 3.63) is 33.0 Å². The highest BCUT2D eigenvalue weighted by atomic mass is 32.1. The smallest absolute Gasteiger partial charge is 0.387 e. The van der Waals surface area contributed by atoms with Crippen LogP contribution < -0.4 is 0 Å². The summed E-state index contributed by atoms with van der Waals surface area (Å²) >= 11 is 0.472. The number of alkyl halides is 3. The van der Waals surface area contributed by atoms with Crippen LogP contribution in [-0.2, 0) is 19.6 Å². The van der Waals surface area contributed by atoms with E-state index in [0.717, 1.165) is 23.1 Å². The standard InChI is InChI=1S/C12H14F3N3OS/c1-6-8(7(2)18(3)17-6)4-9(19)10-5-16-11(20-10)12(13,14)15/h5,9,19H,4H2,1-3H3. The predicted octanol–water partition coefficient (Wildman–Crippen LogP) is 2.79. The number of rotatable bonds is 3. The topological polar surface area (TPSA) is 50.9 Å². The molecule has 0 radical (unpaired) electrons. The molecule has 0 saturated carbocycles. The molecule has 0 amide bonds. The van der Waals surface area contributed by atoms with Gasteiger partial charge >= 0.3 is 6.18 Å². The normalized spacial score (nSPS) is 13.8. The van der Waals surface area contributed by atoms with E-state index in [1.165, 1.54) is 0 Å². The van der Waals surface area contributed by atoms with Crippen molar-refractivity contribution in [3.63, 3.8) is 0 Å². The summed E-state index contributed by atoms with van der Waals surface area (Å²) in [6.45, 7) is 3.67. The van der Waals surface area contributed by atoms with E-state index in [0.29, 0.717) is 11.3 Å². The predicted molar refractivity (Wildman–Crippen MR) is 68.5 cm³/mol. The molecule has 0 aliphatic rings. The van der Waals surface area contributed by atoms with Gasteiger partial charge in [0, 0.05) is 25.4 Å². The first-order chi connectivity index (χ1) is 9.20. The number of hydrogen-bond donors (Lipinski definition) is 1. The summed E-state index contributed by atoms with van der Waals surface area (Å²) in [5, 5.41) is 13.4. The molecule has 0 aromatic carbocycles. The molecule has 2 rings (SSSR count). The Morgan fingerprint density at radius 2 is 2.05 bits per heavy atom. The first kappa shape index (κ1) is 15.0. The average Bonchev–Trinajstić information content (AvgIpc) is 2.90. The number of nitrogens with zero attached hydrogens (tertiary/aromatic N) is 3. The highest BCUT2D eigenvalue weighted by Gasteiger charge is 2.35. The molecule has 2 aromatic rings. The van der Waals surface area contributed by atoms with Crippen molar-refractivity contribution < 1.29 is 18.3 Å². The number of aliphatic hydroxyl groups excluding tert-OH is 1. The SMILES string of the molecule is Cc1nn(C)c(C)c1CC(O)c1cnc(C(F)(F)F)s1. The monoisotopic (exact) mass is 305 g/mol. The molecule has 1 unspecified atom stereocenters. The lowest BCUT2D eigenvalue weighted by Crippen LogP contribution is -2.03. The van der Waals surface area contributed by atoms with Gasteiger partial charge in [-0.3, -0.25) is 4.68 Å². The van der Waals surface area contributed by atoms with Gasteiger partial charge in [-0.15, -0.1) is 11.3 Å². The van der Waals surface area contributed by atoms with E-state index in [1.807, 2.05) is 13.8 Å². The molecule has 2 heterocycles. The van der Waals surface area contributed by atoms with E-state index >= 15 is 0 Å². The van der Waals surface area contributed by atoms with Crippen LogP contribution in [-0.4, -0.2) is 19.9 Å². The summed E-state index contributed by atoms with van der Waals surface area (Å²) in [4.78, 5) is 3.52. The van der Waals surface area contributed by atoms with Crippen LogP contribution in [0.4, 0.5) is 13.2 Å². The maximum Gasteiger partial charge on any atom is 0.443 e. The van der Waals surface area contributed by atoms with Crippen molar-refractivity contribution >= 4 is 11.3 Å². The van der Waals surface area contributed by atoms with Gasteiger partial charge in [0.1, 0.15) is 0 Å². The summed E-state index contributed by atoms with van der Waals surface area (Å²) < 4.78 is 39.1. The minimum absolute atomic E-state index is 0.208. The van der Waals surface area contributed by atoms with Crippen LogP contribution in [0.2, 0.25) is 0 Å². The third-order valence-corrected chi connectivity index (χ3v) is 4.29. The molecular weight excluding hydrogens is 291 g/mol. The number of hydrogen-bond acceptors (Lipinski definition) is 4. The Kier molecular flexibility index (Phi) is 3.88. The fourth-order valence-corrected chi connectivity index (χ4v) is 2.75. The Bertz CT molecular complexity index is 618.